The summed E-state index contributed by atoms with van der Waals surface area (Å²) in [7, 11) is 3.76. The fourth-order valence-electron chi connectivity index (χ4n) is 4.40. The maximum Gasteiger partial charge on any atom is 0.263 e. The van der Waals surface area contributed by atoms with Gasteiger partial charge >= 0.3 is 0 Å². The number of hydrogen-bond donors (Lipinski definition) is 1. The average molecular weight is 437 g/mol. The van der Waals surface area contributed by atoms with Crippen molar-refractivity contribution in [3.63, 3.8) is 0 Å². The van der Waals surface area contributed by atoms with Crippen molar-refractivity contribution in [3.05, 3.63) is 54.5 Å². The van der Waals surface area contributed by atoms with Crippen molar-refractivity contribution in [1.29, 1.82) is 0 Å². The highest BCUT2D eigenvalue weighted by Gasteiger charge is 2.22. The molecule has 1 aliphatic heterocycles. The molecule has 6 nitrogen and oxygen atoms in total. The molecule has 0 spiro atoms. The van der Waals surface area contributed by atoms with E-state index in [0.717, 1.165) is 53.6 Å². The van der Waals surface area contributed by atoms with Gasteiger partial charge in [0.15, 0.2) is 0 Å². The lowest BCUT2D eigenvalue weighted by Crippen LogP contribution is -2.31. The number of alkyl halides is 2. The fourth-order valence-corrected chi connectivity index (χ4v) is 4.40. The number of likely N-dealkylation sites (tertiary alicyclic amines) is 1. The predicted molar refractivity (Wildman–Crippen MR) is 120 cm³/mol. The Bertz CT molecular complexity index is 1240. The molecule has 166 valence electrons. The summed E-state index contributed by atoms with van der Waals surface area (Å²) in [5, 5.41) is 5.55. The van der Waals surface area contributed by atoms with Crippen LogP contribution in [0.2, 0.25) is 0 Å². The van der Waals surface area contributed by atoms with E-state index in [1.54, 1.807) is 19.4 Å². The van der Waals surface area contributed by atoms with Crippen LogP contribution in [0, 0.1) is 0 Å². The molecule has 0 bridgehead atoms. The van der Waals surface area contributed by atoms with Gasteiger partial charge in [0.2, 0.25) is 5.88 Å². The van der Waals surface area contributed by atoms with E-state index in [1.807, 2.05) is 29.2 Å². The average Bonchev–Trinajstić information content (AvgIpc) is 3.43. The number of rotatable bonds is 5. The molecule has 1 saturated heterocycles. The van der Waals surface area contributed by atoms with E-state index in [1.165, 1.54) is 12.1 Å². The first kappa shape index (κ1) is 20.6. The zero-order chi connectivity index (χ0) is 22.2. The predicted octanol–water partition coefficient (Wildman–Crippen LogP) is 5.31. The number of halogens is 2. The molecule has 4 heterocycles. The Labute approximate surface area is 184 Å². The Morgan fingerprint density at radius 1 is 1.12 bits per heavy atom. The number of nitrogens with one attached hydrogen (secondary N) is 1. The number of aromatic amines is 1. The number of pyridine rings is 1. The lowest BCUT2D eigenvalue weighted by atomic mass is 10.0. The van der Waals surface area contributed by atoms with Gasteiger partial charge in [-0.2, -0.15) is 0 Å². The first-order chi connectivity index (χ1) is 15.5. The molecule has 0 atom stereocenters. The van der Waals surface area contributed by atoms with Crippen LogP contribution < -0.4 is 4.74 Å². The Morgan fingerprint density at radius 3 is 2.69 bits per heavy atom. The number of hydrogen-bond acceptors (Lipinski definition) is 4. The van der Waals surface area contributed by atoms with Crippen molar-refractivity contribution in [3.8, 4) is 28.1 Å². The second-order valence-electron chi connectivity index (χ2n) is 8.32. The van der Waals surface area contributed by atoms with Crippen LogP contribution in [0.5, 0.6) is 5.88 Å². The van der Waals surface area contributed by atoms with Crippen LogP contribution in [-0.4, -0.2) is 51.9 Å². The summed E-state index contributed by atoms with van der Waals surface area (Å²) >= 11 is 0. The molecule has 0 radical (unpaired) electrons. The Kier molecular flexibility index (Phi) is 5.38. The highest BCUT2D eigenvalue weighted by Crippen LogP contribution is 2.36. The van der Waals surface area contributed by atoms with Crippen LogP contribution in [0.25, 0.3) is 33.3 Å². The van der Waals surface area contributed by atoms with Gasteiger partial charge in [-0.25, -0.2) is 13.8 Å². The van der Waals surface area contributed by atoms with E-state index < -0.39 is 6.43 Å². The van der Waals surface area contributed by atoms with Gasteiger partial charge in [-0.1, -0.05) is 18.2 Å². The number of piperidine rings is 1. The number of ether oxygens (including phenoxy) is 1. The van der Waals surface area contributed by atoms with Gasteiger partial charge in [0, 0.05) is 40.7 Å². The fraction of sp³-hybridized carbons (Fsp3) is 0.333. The summed E-state index contributed by atoms with van der Waals surface area (Å²) < 4.78 is 34.0. The molecular formula is C24H25F2N5O. The van der Waals surface area contributed by atoms with Crippen molar-refractivity contribution in [2.24, 2.45) is 0 Å². The second-order valence-corrected chi connectivity index (χ2v) is 8.32. The molecule has 0 aliphatic carbocycles. The highest BCUT2D eigenvalue weighted by molar-refractivity contribution is 5.96. The SMILES string of the molecule is COc1nn(C2CCN(C)CC2)cc1-c1cnc2[nH]cc(-c3cccc(C(F)F)c3)c2c1. The van der Waals surface area contributed by atoms with Crippen LogP contribution in [0.4, 0.5) is 8.78 Å². The number of H-pyrrole nitrogens is 1. The Morgan fingerprint density at radius 2 is 1.94 bits per heavy atom. The zero-order valence-corrected chi connectivity index (χ0v) is 18.1. The minimum Gasteiger partial charge on any atom is -0.479 e. The van der Waals surface area contributed by atoms with Crippen LogP contribution in [0.15, 0.2) is 48.9 Å². The van der Waals surface area contributed by atoms with E-state index in [2.05, 4.69) is 21.9 Å². The van der Waals surface area contributed by atoms with Gasteiger partial charge in [0.25, 0.3) is 6.43 Å². The van der Waals surface area contributed by atoms with Crippen LogP contribution in [0.3, 0.4) is 0 Å². The van der Waals surface area contributed by atoms with Crippen molar-refractivity contribution in [1.82, 2.24) is 24.6 Å². The molecule has 3 aromatic heterocycles. The van der Waals surface area contributed by atoms with Crippen molar-refractivity contribution in [2.45, 2.75) is 25.3 Å². The van der Waals surface area contributed by atoms with Crippen molar-refractivity contribution >= 4 is 11.0 Å². The van der Waals surface area contributed by atoms with E-state index in [9.17, 15) is 8.78 Å². The maximum atomic E-state index is 13.2. The molecule has 5 rings (SSSR count). The summed E-state index contributed by atoms with van der Waals surface area (Å²) in [6.45, 7) is 2.08. The van der Waals surface area contributed by atoms with E-state index >= 15 is 0 Å². The molecule has 32 heavy (non-hydrogen) atoms. The quantitative estimate of drug-likeness (QED) is 0.460. The summed E-state index contributed by atoms with van der Waals surface area (Å²) in [4.78, 5) is 10.0. The van der Waals surface area contributed by atoms with Crippen molar-refractivity contribution in [2.75, 3.05) is 27.2 Å². The normalized spacial score (nSPS) is 15.7. The topological polar surface area (TPSA) is 59.0 Å². The van der Waals surface area contributed by atoms with Gasteiger partial charge in [-0.3, -0.25) is 4.68 Å². The number of aromatic nitrogens is 4. The first-order valence-electron chi connectivity index (χ1n) is 10.7. The molecule has 0 amide bonds. The third kappa shape index (κ3) is 3.75. The lowest BCUT2D eigenvalue weighted by Gasteiger charge is -2.28. The van der Waals surface area contributed by atoms with Gasteiger partial charge in [0.1, 0.15) is 5.65 Å². The molecule has 0 unspecified atom stereocenters. The van der Waals surface area contributed by atoms with Crippen LogP contribution >= 0.6 is 0 Å². The van der Waals surface area contributed by atoms with Gasteiger partial charge < -0.3 is 14.6 Å². The summed E-state index contributed by atoms with van der Waals surface area (Å²) in [5.41, 5.74) is 4.00. The first-order valence-corrected chi connectivity index (χ1v) is 10.7. The van der Waals surface area contributed by atoms with Gasteiger partial charge in [0.05, 0.1) is 18.7 Å². The molecule has 1 aromatic carbocycles. The Hall–Kier alpha value is -3.26. The third-order valence-corrected chi connectivity index (χ3v) is 6.25. The summed E-state index contributed by atoms with van der Waals surface area (Å²) in [5.74, 6) is 0.557. The van der Waals surface area contributed by atoms with Crippen molar-refractivity contribution < 1.29 is 13.5 Å². The standard InChI is InChI=1S/C24H25F2N5O/c1-30-8-6-18(7-9-30)31-14-21(24(29-31)32-2)17-11-19-20(13-28-23(19)27-12-17)15-4-3-5-16(10-15)22(25)26/h3-5,10-14,18,22H,6-9H2,1-2H3,(H,27,28). The molecule has 8 heteroatoms. The van der Waals surface area contributed by atoms with E-state index in [4.69, 9.17) is 9.84 Å². The summed E-state index contributed by atoms with van der Waals surface area (Å²) in [6, 6.07) is 8.81. The van der Waals surface area contributed by atoms with Gasteiger partial charge in [-0.15, -0.1) is 5.10 Å². The third-order valence-electron chi connectivity index (χ3n) is 6.25. The highest BCUT2D eigenvalue weighted by atomic mass is 19.3. The number of fused-ring (bicyclic) bond motifs is 1. The smallest absolute Gasteiger partial charge is 0.263 e. The van der Waals surface area contributed by atoms with E-state index in [-0.39, 0.29) is 5.56 Å². The Balaban J connectivity index is 1.54. The van der Waals surface area contributed by atoms with Gasteiger partial charge in [-0.05, 0) is 50.7 Å². The molecule has 4 aromatic rings. The molecule has 1 aliphatic rings. The minimum atomic E-state index is -2.51. The largest absolute Gasteiger partial charge is 0.479 e. The monoisotopic (exact) mass is 437 g/mol. The molecule has 1 N–H and O–H groups in total. The van der Waals surface area contributed by atoms with E-state index in [0.29, 0.717) is 17.6 Å². The van der Waals surface area contributed by atoms with Crippen LogP contribution in [-0.2, 0) is 0 Å². The lowest BCUT2D eigenvalue weighted by molar-refractivity contribution is 0.151. The number of methoxy groups -OCH3 is 1. The number of nitrogens with zero attached hydrogens (tertiary/aromatic N) is 4. The molecule has 1 fully saturated rings. The van der Waals surface area contributed by atoms with Crippen LogP contribution in [0.1, 0.15) is 30.9 Å². The molecular weight excluding hydrogens is 412 g/mol. The number of benzene rings is 1. The maximum absolute atomic E-state index is 13.2. The molecule has 0 saturated carbocycles. The minimum absolute atomic E-state index is 0.00189. The second kappa shape index (κ2) is 8.35. The zero-order valence-electron chi connectivity index (χ0n) is 18.1. The summed E-state index contributed by atoms with van der Waals surface area (Å²) in [6.07, 6.45) is 5.20.